The van der Waals surface area contributed by atoms with Crippen molar-refractivity contribution in [3.63, 3.8) is 0 Å². The SMILES string of the molecule is CCCCCCCCCCCCCCCCCC1NCCN1.Fc1c(F)c(F)[c]([Al]2[CH2]CCC(c3c(F)c(F)c(F)c(F)c3F)(c3c(F)c(F)c(F)c(F)c3F)[O]2)c(F)c1F. The minimum Gasteiger partial charge on any atom is -0.485 e. The Kier molecular flexibility index (Phi) is 19.6. The summed E-state index contributed by atoms with van der Waals surface area (Å²) in [5.41, 5.74) is -8.52. The molecule has 0 aromatic heterocycles. The van der Waals surface area contributed by atoms with Crippen molar-refractivity contribution in [2.75, 3.05) is 13.1 Å². The molecule has 3 aromatic carbocycles. The van der Waals surface area contributed by atoms with Gasteiger partial charge in [-0.1, -0.05) is 115 Å². The van der Waals surface area contributed by atoms with E-state index in [9.17, 15) is 65.9 Å². The van der Waals surface area contributed by atoms with E-state index in [4.69, 9.17) is 3.79 Å². The summed E-state index contributed by atoms with van der Waals surface area (Å²) in [6.07, 6.45) is 21.6. The first-order valence-corrected chi connectivity index (χ1v) is 22.6. The second-order valence-electron chi connectivity index (χ2n) is 15.4. The number of hydrogen-bond acceptors (Lipinski definition) is 3. The number of unbranched alkanes of at least 4 members (excludes halogenated alkanes) is 14. The lowest BCUT2D eigenvalue weighted by Gasteiger charge is -2.42. The monoisotopic (exact) mass is 908 g/mol. The molecular weight excluding hydrogens is 860 g/mol. The maximum atomic E-state index is 14.9. The third-order valence-electron chi connectivity index (χ3n) is 11.1. The van der Waals surface area contributed by atoms with Gasteiger partial charge >= 0.3 is 14.5 Å². The zero-order chi connectivity index (χ0) is 45.0. The molecule has 340 valence electrons. The molecule has 0 atom stereocenters. The van der Waals surface area contributed by atoms with Gasteiger partial charge in [0, 0.05) is 13.1 Å². The molecule has 2 aliphatic heterocycles. The molecule has 0 radical (unpaired) electrons. The van der Waals surface area contributed by atoms with E-state index < -0.39 is 141 Å². The van der Waals surface area contributed by atoms with Crippen molar-refractivity contribution in [2.45, 2.75) is 140 Å². The standard InChI is InChI=1S/C20H42N2.C16H6F10O.C6F5.Al/c1-2-3-4-5-6-7-8-9-10-11-12-13-14-15-16-17-20-21-18-19-22-20;1-2-3-16(27,4-6(17)10(21)14(25)11(22)7(4)18)5-8(19)12(23)15(26)13(24)9(5)20;7-2-1-3(8)5(10)6(11)4(2)9;/h20-22H,2-19H2,1H3;1-3H2;;/q;-1;;+1. The fourth-order valence-corrected chi connectivity index (χ4v) is 10.7. The highest BCUT2D eigenvalue weighted by Gasteiger charge is 2.54. The van der Waals surface area contributed by atoms with Crippen LogP contribution < -0.4 is 15.1 Å². The Hall–Kier alpha value is -2.98. The smallest absolute Gasteiger partial charge is 0.485 e. The normalized spacial score (nSPS) is 15.4. The van der Waals surface area contributed by atoms with E-state index in [1.807, 2.05) is 0 Å². The molecule has 2 heterocycles. The van der Waals surface area contributed by atoms with Crippen LogP contribution in [0.1, 0.15) is 134 Å². The maximum Gasteiger partial charge on any atom is 0.509 e. The Morgan fingerprint density at radius 2 is 0.754 bits per heavy atom. The summed E-state index contributed by atoms with van der Waals surface area (Å²) in [6.45, 7) is 4.61. The summed E-state index contributed by atoms with van der Waals surface area (Å²) in [5, 5.41) is 6.24. The van der Waals surface area contributed by atoms with Crippen LogP contribution in [0.5, 0.6) is 0 Å². The highest BCUT2D eigenvalue weighted by atomic mass is 27.2. The van der Waals surface area contributed by atoms with Crippen molar-refractivity contribution < 1.29 is 69.6 Å². The Morgan fingerprint density at radius 1 is 0.443 bits per heavy atom. The van der Waals surface area contributed by atoms with Gasteiger partial charge in [0.15, 0.2) is 75.6 Å². The van der Waals surface area contributed by atoms with Crippen LogP contribution in [0.2, 0.25) is 5.28 Å². The lowest BCUT2D eigenvalue weighted by molar-refractivity contribution is 0.0629. The van der Waals surface area contributed by atoms with Gasteiger partial charge in [0.2, 0.25) is 11.6 Å². The van der Waals surface area contributed by atoms with Gasteiger partial charge in [0.1, 0.15) is 5.60 Å². The maximum absolute atomic E-state index is 14.9. The average Bonchev–Trinajstić information content (AvgIpc) is 3.78. The van der Waals surface area contributed by atoms with Crippen LogP contribution in [0.3, 0.4) is 0 Å². The Balaban J connectivity index is 0.000000317. The molecule has 0 saturated carbocycles. The number of halogens is 15. The lowest BCUT2D eigenvalue weighted by atomic mass is 9.80. The zero-order valence-electron chi connectivity index (χ0n) is 33.6. The summed E-state index contributed by atoms with van der Waals surface area (Å²) in [6, 6.07) is 0. The van der Waals surface area contributed by atoms with E-state index >= 15 is 0 Å². The highest BCUT2D eigenvalue weighted by molar-refractivity contribution is 6.67. The molecule has 2 saturated heterocycles. The number of nitrogens with one attached hydrogen (secondary N) is 2. The molecule has 0 unspecified atom stereocenters. The van der Waals surface area contributed by atoms with Gasteiger partial charge in [-0.25, -0.2) is 65.9 Å². The van der Waals surface area contributed by atoms with Gasteiger partial charge in [-0.15, -0.1) is 0 Å². The van der Waals surface area contributed by atoms with Crippen LogP contribution in [0, 0.1) is 87.3 Å². The van der Waals surface area contributed by atoms with Crippen molar-refractivity contribution >= 4 is 18.9 Å². The van der Waals surface area contributed by atoms with Crippen LogP contribution in [-0.2, 0) is 9.39 Å². The minimum absolute atomic E-state index is 0.613. The van der Waals surface area contributed by atoms with Gasteiger partial charge in [-0.3, -0.25) is 0 Å². The predicted octanol–water partition coefficient (Wildman–Crippen LogP) is 12.5. The van der Waals surface area contributed by atoms with E-state index in [2.05, 4.69) is 17.6 Å². The molecule has 0 spiro atoms. The van der Waals surface area contributed by atoms with Gasteiger partial charge < -0.3 is 14.4 Å². The van der Waals surface area contributed by atoms with E-state index in [-0.39, 0.29) is 0 Å². The molecule has 19 heteroatoms. The summed E-state index contributed by atoms with van der Waals surface area (Å²) >= 11 is -4.51. The first-order chi connectivity index (χ1) is 29.0. The second kappa shape index (κ2) is 23.6. The van der Waals surface area contributed by atoms with E-state index in [0.717, 1.165) is 13.1 Å². The van der Waals surface area contributed by atoms with Crippen molar-refractivity contribution in [1.29, 1.82) is 0 Å². The molecule has 5 rings (SSSR count). The van der Waals surface area contributed by atoms with Gasteiger partial charge in [0.05, 0.1) is 17.3 Å². The molecular formula is C42H48AlF15N2O. The first-order valence-electron chi connectivity index (χ1n) is 20.7. The summed E-state index contributed by atoms with van der Waals surface area (Å²) in [4.78, 5) is 0. The Bertz CT molecular complexity index is 1790. The largest absolute Gasteiger partial charge is 0.509 e. The van der Waals surface area contributed by atoms with Crippen LogP contribution in [0.4, 0.5) is 65.9 Å². The van der Waals surface area contributed by atoms with Crippen LogP contribution in [-0.4, -0.2) is 33.7 Å². The van der Waals surface area contributed by atoms with Crippen LogP contribution in [0.15, 0.2) is 0 Å². The summed E-state index contributed by atoms with van der Waals surface area (Å²) < 4.78 is 217. The van der Waals surface area contributed by atoms with E-state index in [0.29, 0.717) is 6.17 Å². The molecule has 61 heavy (non-hydrogen) atoms. The molecule has 0 amide bonds. The fourth-order valence-electron chi connectivity index (χ4n) is 7.91. The van der Waals surface area contributed by atoms with E-state index in [1.54, 1.807) is 0 Å². The average molecular weight is 909 g/mol. The van der Waals surface area contributed by atoms with Gasteiger partial charge in [-0.2, -0.15) is 0 Å². The van der Waals surface area contributed by atoms with Gasteiger partial charge in [-0.05, 0) is 17.3 Å². The minimum atomic E-state index is -4.51. The molecule has 3 nitrogen and oxygen atoms in total. The highest BCUT2D eigenvalue weighted by Crippen LogP contribution is 2.49. The molecule has 2 aliphatic rings. The molecule has 0 aliphatic carbocycles. The van der Waals surface area contributed by atoms with Crippen LogP contribution in [0.25, 0.3) is 0 Å². The first kappa shape index (κ1) is 50.7. The third-order valence-corrected chi connectivity index (χ3v) is 13.9. The van der Waals surface area contributed by atoms with Crippen molar-refractivity contribution in [3.05, 3.63) is 98.4 Å². The van der Waals surface area contributed by atoms with Gasteiger partial charge in [0.25, 0.3) is 0 Å². The Morgan fingerprint density at radius 3 is 1.11 bits per heavy atom. The number of benzene rings is 3. The quantitative estimate of drug-likeness (QED) is 0.0413. The van der Waals surface area contributed by atoms with E-state index in [1.165, 1.54) is 103 Å². The fraction of sp³-hybridized carbons (Fsp3) is 0.571. The number of rotatable bonds is 19. The molecule has 3 aromatic rings. The lowest BCUT2D eigenvalue weighted by Crippen LogP contribution is -2.51. The topological polar surface area (TPSA) is 33.3 Å². The molecule has 2 fully saturated rings. The zero-order valence-corrected chi connectivity index (χ0v) is 34.7. The van der Waals surface area contributed by atoms with Crippen molar-refractivity contribution in [2.24, 2.45) is 0 Å². The Labute approximate surface area is 349 Å². The summed E-state index contributed by atoms with van der Waals surface area (Å²) in [7, 11) is 0. The second-order valence-corrected chi connectivity index (χ2v) is 17.8. The summed E-state index contributed by atoms with van der Waals surface area (Å²) in [5.74, 6) is -41.1. The van der Waals surface area contributed by atoms with Crippen molar-refractivity contribution in [1.82, 2.24) is 10.6 Å². The predicted molar refractivity (Wildman–Crippen MR) is 199 cm³/mol. The molecule has 0 bridgehead atoms. The van der Waals surface area contributed by atoms with Crippen molar-refractivity contribution in [3.8, 4) is 0 Å². The third kappa shape index (κ3) is 11.8. The van der Waals surface area contributed by atoms with Crippen LogP contribution >= 0.6 is 0 Å². The number of hydrogen-bond donors (Lipinski definition) is 2. The molecule has 2 N–H and O–H groups in total.